The van der Waals surface area contributed by atoms with Gasteiger partial charge in [-0.3, -0.25) is 4.79 Å². The van der Waals surface area contributed by atoms with Crippen LogP contribution in [0.15, 0.2) is 65.6 Å². The highest BCUT2D eigenvalue weighted by molar-refractivity contribution is 14.1. The molecule has 0 spiro atoms. The van der Waals surface area contributed by atoms with Gasteiger partial charge in [0.25, 0.3) is 5.91 Å². The zero-order chi connectivity index (χ0) is 23.4. The lowest BCUT2D eigenvalue weighted by atomic mass is 10.1. The summed E-state index contributed by atoms with van der Waals surface area (Å²) in [6, 6.07) is 18.6. The molecule has 0 bridgehead atoms. The van der Waals surface area contributed by atoms with Crippen molar-refractivity contribution in [1.82, 2.24) is 5.32 Å². The SMILES string of the molecule is CCc1ccc(N[C@H]2NC(=O)/C(=C/c3cc(I)c(OCc4cccc(F)c4)c(I)c3)S2)cc1. The van der Waals surface area contributed by atoms with Crippen molar-refractivity contribution < 1.29 is 13.9 Å². The average Bonchev–Trinajstić information content (AvgIpc) is 3.12. The van der Waals surface area contributed by atoms with Crippen LogP contribution in [0.5, 0.6) is 5.75 Å². The van der Waals surface area contributed by atoms with E-state index in [1.807, 2.05) is 36.4 Å². The van der Waals surface area contributed by atoms with Crippen molar-refractivity contribution in [3.63, 3.8) is 0 Å². The molecule has 1 aliphatic rings. The van der Waals surface area contributed by atoms with Crippen LogP contribution in [0.4, 0.5) is 10.1 Å². The molecule has 3 aromatic carbocycles. The lowest BCUT2D eigenvalue weighted by Crippen LogP contribution is -2.30. The standard InChI is InChI=1S/C25H21FI2N2O2S/c1-2-15-6-8-19(9-7-15)29-25-30-24(31)22(33-25)13-17-11-20(27)23(21(28)12-17)32-14-16-4-3-5-18(26)10-16/h3-13,25,29H,2,14H2,1H3,(H,30,31)/b22-13-/t25-/m0/s1. The molecule has 0 radical (unpaired) electrons. The van der Waals surface area contributed by atoms with E-state index in [0.29, 0.717) is 4.91 Å². The Balaban J connectivity index is 1.44. The van der Waals surface area contributed by atoms with Crippen molar-refractivity contribution in [3.05, 3.63) is 95.2 Å². The number of rotatable bonds is 7. The number of halogens is 3. The average molecular weight is 686 g/mol. The van der Waals surface area contributed by atoms with Gasteiger partial charge in [-0.2, -0.15) is 0 Å². The topological polar surface area (TPSA) is 50.4 Å². The van der Waals surface area contributed by atoms with Gasteiger partial charge >= 0.3 is 0 Å². The molecule has 0 unspecified atom stereocenters. The van der Waals surface area contributed by atoms with Crippen LogP contribution in [-0.2, 0) is 17.8 Å². The zero-order valence-electron chi connectivity index (χ0n) is 17.7. The summed E-state index contributed by atoms with van der Waals surface area (Å²) in [5.41, 5.74) is 3.72. The molecule has 1 saturated heterocycles. The molecule has 170 valence electrons. The van der Waals surface area contributed by atoms with E-state index in [9.17, 15) is 9.18 Å². The second-order valence-corrected chi connectivity index (χ2v) is 10.9. The zero-order valence-corrected chi connectivity index (χ0v) is 22.8. The van der Waals surface area contributed by atoms with Crippen LogP contribution >= 0.6 is 56.9 Å². The summed E-state index contributed by atoms with van der Waals surface area (Å²) in [7, 11) is 0. The molecule has 0 saturated carbocycles. The Morgan fingerprint density at radius 2 is 1.82 bits per heavy atom. The summed E-state index contributed by atoms with van der Waals surface area (Å²) < 4.78 is 21.2. The lowest BCUT2D eigenvalue weighted by Gasteiger charge is -2.13. The number of hydrogen-bond donors (Lipinski definition) is 2. The van der Waals surface area contributed by atoms with E-state index in [1.165, 1.54) is 29.5 Å². The molecular weight excluding hydrogens is 665 g/mol. The predicted molar refractivity (Wildman–Crippen MR) is 150 cm³/mol. The summed E-state index contributed by atoms with van der Waals surface area (Å²) in [4.78, 5) is 13.2. The Morgan fingerprint density at radius 1 is 1.09 bits per heavy atom. The maximum Gasteiger partial charge on any atom is 0.260 e. The number of ether oxygens (including phenoxy) is 1. The van der Waals surface area contributed by atoms with Crippen LogP contribution in [0.2, 0.25) is 0 Å². The molecule has 1 fully saturated rings. The first-order valence-electron chi connectivity index (χ1n) is 10.3. The fourth-order valence-electron chi connectivity index (χ4n) is 3.29. The van der Waals surface area contributed by atoms with Crippen LogP contribution in [0.1, 0.15) is 23.6 Å². The minimum atomic E-state index is -0.277. The van der Waals surface area contributed by atoms with E-state index >= 15 is 0 Å². The third-order valence-corrected chi connectivity index (χ3v) is 7.61. The Morgan fingerprint density at radius 3 is 2.48 bits per heavy atom. The highest BCUT2D eigenvalue weighted by Gasteiger charge is 2.27. The molecule has 0 aromatic heterocycles. The highest BCUT2D eigenvalue weighted by Crippen LogP contribution is 2.34. The second kappa shape index (κ2) is 11.1. The van der Waals surface area contributed by atoms with Crippen LogP contribution in [0, 0.1) is 13.0 Å². The normalized spacial score (nSPS) is 16.7. The Bertz CT molecular complexity index is 1180. The summed E-state index contributed by atoms with van der Waals surface area (Å²) in [5.74, 6) is 0.376. The Kier molecular flexibility index (Phi) is 8.18. The first kappa shape index (κ1) is 24.3. The van der Waals surface area contributed by atoms with Gasteiger partial charge in [-0.15, -0.1) is 0 Å². The van der Waals surface area contributed by atoms with Gasteiger partial charge < -0.3 is 15.4 Å². The van der Waals surface area contributed by atoms with E-state index < -0.39 is 0 Å². The lowest BCUT2D eigenvalue weighted by molar-refractivity contribution is -0.116. The fourth-order valence-corrected chi connectivity index (χ4v) is 6.40. The van der Waals surface area contributed by atoms with Crippen molar-refractivity contribution in [2.75, 3.05) is 5.32 Å². The van der Waals surface area contributed by atoms with Gasteiger partial charge in [-0.1, -0.05) is 43.0 Å². The van der Waals surface area contributed by atoms with Gasteiger partial charge in [-0.05, 0) is 111 Å². The van der Waals surface area contributed by atoms with Crippen molar-refractivity contribution >= 4 is 74.6 Å². The first-order chi connectivity index (χ1) is 15.9. The smallest absolute Gasteiger partial charge is 0.260 e. The van der Waals surface area contributed by atoms with Gasteiger partial charge in [0, 0.05) is 5.69 Å². The third-order valence-electron chi connectivity index (χ3n) is 4.98. The summed E-state index contributed by atoms with van der Waals surface area (Å²) >= 11 is 5.91. The maximum absolute atomic E-state index is 13.4. The van der Waals surface area contributed by atoms with E-state index in [1.54, 1.807) is 6.07 Å². The minimum Gasteiger partial charge on any atom is -0.487 e. The second-order valence-electron chi connectivity index (χ2n) is 7.41. The molecule has 4 rings (SSSR count). The van der Waals surface area contributed by atoms with Gasteiger partial charge in [0.2, 0.25) is 0 Å². The van der Waals surface area contributed by atoms with Crippen molar-refractivity contribution in [2.24, 2.45) is 0 Å². The van der Waals surface area contributed by atoms with Gasteiger partial charge in [-0.25, -0.2) is 4.39 Å². The monoisotopic (exact) mass is 686 g/mol. The van der Waals surface area contributed by atoms with Crippen molar-refractivity contribution in [2.45, 2.75) is 25.4 Å². The van der Waals surface area contributed by atoms with Crippen molar-refractivity contribution in [3.8, 4) is 5.75 Å². The summed E-state index contributed by atoms with van der Waals surface area (Å²) in [6.45, 7) is 2.41. The highest BCUT2D eigenvalue weighted by atomic mass is 127. The molecule has 1 heterocycles. The number of benzene rings is 3. The number of carbonyl (C=O) groups excluding carboxylic acids is 1. The maximum atomic E-state index is 13.4. The number of hydrogen-bond acceptors (Lipinski definition) is 4. The number of anilines is 1. The van der Waals surface area contributed by atoms with Crippen LogP contribution in [-0.4, -0.2) is 11.4 Å². The first-order valence-corrected chi connectivity index (χ1v) is 13.4. The fraction of sp³-hybridized carbons (Fsp3) is 0.160. The summed E-state index contributed by atoms with van der Waals surface area (Å²) in [5, 5.41) is 6.32. The Hall–Kier alpha value is -1.79. The molecule has 1 aliphatic heterocycles. The largest absolute Gasteiger partial charge is 0.487 e. The molecule has 0 aliphatic carbocycles. The van der Waals surface area contributed by atoms with Crippen LogP contribution < -0.4 is 15.4 Å². The quantitative estimate of drug-likeness (QED) is 0.213. The van der Waals surface area contributed by atoms with E-state index in [4.69, 9.17) is 4.74 Å². The van der Waals surface area contributed by atoms with Crippen LogP contribution in [0.25, 0.3) is 6.08 Å². The number of carbonyl (C=O) groups is 1. The molecule has 2 N–H and O–H groups in total. The summed E-state index contributed by atoms with van der Waals surface area (Å²) in [6.07, 6.45) is 2.89. The van der Waals surface area contributed by atoms with Gasteiger partial charge in [0.05, 0.1) is 12.0 Å². The minimum absolute atomic E-state index is 0.0980. The molecular formula is C25H21FI2N2O2S. The van der Waals surface area contributed by atoms with Crippen LogP contribution in [0.3, 0.4) is 0 Å². The predicted octanol–water partition coefficient (Wildman–Crippen LogP) is 6.78. The van der Waals surface area contributed by atoms with Crippen molar-refractivity contribution in [1.29, 1.82) is 0 Å². The molecule has 1 amide bonds. The third kappa shape index (κ3) is 6.42. The molecule has 33 heavy (non-hydrogen) atoms. The molecule has 3 aromatic rings. The number of amides is 1. The number of thioether (sulfide) groups is 1. The Labute approximate surface area is 224 Å². The number of nitrogens with one attached hydrogen (secondary N) is 2. The van der Waals surface area contributed by atoms with Gasteiger partial charge in [0.15, 0.2) is 5.50 Å². The van der Waals surface area contributed by atoms with E-state index in [2.05, 4.69) is 74.9 Å². The van der Waals surface area contributed by atoms with E-state index in [-0.39, 0.29) is 23.8 Å². The molecule has 1 atom stereocenters. The molecule has 4 nitrogen and oxygen atoms in total. The van der Waals surface area contributed by atoms with Gasteiger partial charge in [0.1, 0.15) is 18.2 Å². The molecule has 8 heteroatoms. The number of aryl methyl sites for hydroxylation is 1. The van der Waals surface area contributed by atoms with E-state index in [0.717, 1.165) is 36.1 Å².